The molecule has 2 rings (SSSR count). The van der Waals surface area contributed by atoms with Crippen molar-refractivity contribution in [3.8, 4) is 5.75 Å². The van der Waals surface area contributed by atoms with Crippen LogP contribution in [0, 0.1) is 5.82 Å². The molecule has 1 amide bonds. The molecular formula is C15H22ClFN2O2. The number of likely N-dealkylation sites (tertiary alicyclic amines) is 1. The molecule has 1 heterocycles. The molecule has 1 aromatic rings. The Balaban J connectivity index is 0.00000220. The molecule has 1 saturated heterocycles. The summed E-state index contributed by atoms with van der Waals surface area (Å²) >= 11 is 0. The number of carbonyl (C=O) groups excluding carboxylic acids is 1. The molecule has 0 spiro atoms. The number of halogens is 2. The topological polar surface area (TPSA) is 55.6 Å². The highest BCUT2D eigenvalue weighted by molar-refractivity contribution is 5.85. The van der Waals surface area contributed by atoms with Gasteiger partial charge in [-0.25, -0.2) is 4.39 Å². The lowest BCUT2D eigenvalue weighted by molar-refractivity contribution is -0.132. The molecule has 0 aromatic heterocycles. The van der Waals surface area contributed by atoms with Gasteiger partial charge in [-0.05, 0) is 37.0 Å². The summed E-state index contributed by atoms with van der Waals surface area (Å²) in [4.78, 5) is 13.9. The van der Waals surface area contributed by atoms with Gasteiger partial charge in [-0.2, -0.15) is 0 Å². The summed E-state index contributed by atoms with van der Waals surface area (Å²) in [6.45, 7) is 1.42. The molecule has 0 saturated carbocycles. The minimum Gasteiger partial charge on any atom is -0.494 e. The highest BCUT2D eigenvalue weighted by Gasteiger charge is 2.20. The lowest BCUT2D eigenvalue weighted by Gasteiger charge is -2.30. The fraction of sp³-hybridized carbons (Fsp3) is 0.533. The zero-order valence-corrected chi connectivity index (χ0v) is 13.0. The van der Waals surface area contributed by atoms with Crippen molar-refractivity contribution in [3.63, 3.8) is 0 Å². The second-order valence-electron chi connectivity index (χ2n) is 5.21. The van der Waals surface area contributed by atoms with E-state index in [9.17, 15) is 9.18 Å². The third-order valence-electron chi connectivity index (χ3n) is 3.65. The zero-order valence-electron chi connectivity index (χ0n) is 12.2. The minimum atomic E-state index is -0.391. The maximum absolute atomic E-state index is 13.5. The quantitative estimate of drug-likeness (QED) is 0.926. The summed E-state index contributed by atoms with van der Waals surface area (Å²) in [5.74, 6) is -0.0732. The Labute approximate surface area is 130 Å². The molecule has 0 bridgehead atoms. The molecule has 1 atom stereocenters. The normalized spacial score (nSPS) is 18.0. The van der Waals surface area contributed by atoms with E-state index >= 15 is 0 Å². The molecule has 1 fully saturated rings. The molecule has 1 aromatic carbocycles. The Kier molecular flexibility index (Phi) is 6.92. The van der Waals surface area contributed by atoms with Gasteiger partial charge in [-0.15, -0.1) is 12.4 Å². The number of methoxy groups -OCH3 is 1. The molecule has 118 valence electrons. The van der Waals surface area contributed by atoms with E-state index in [2.05, 4.69) is 0 Å². The molecular weight excluding hydrogens is 295 g/mol. The van der Waals surface area contributed by atoms with Crippen LogP contribution in [0.1, 0.15) is 24.8 Å². The van der Waals surface area contributed by atoms with Crippen LogP contribution in [0.25, 0.3) is 0 Å². The van der Waals surface area contributed by atoms with Gasteiger partial charge in [0, 0.05) is 25.6 Å². The molecule has 6 heteroatoms. The maximum atomic E-state index is 13.5. The number of aryl methyl sites for hydroxylation is 1. The molecule has 4 nitrogen and oxygen atoms in total. The Morgan fingerprint density at radius 3 is 2.90 bits per heavy atom. The average molecular weight is 317 g/mol. The summed E-state index contributed by atoms with van der Waals surface area (Å²) in [6.07, 6.45) is 2.86. The van der Waals surface area contributed by atoms with Crippen molar-refractivity contribution in [2.45, 2.75) is 31.7 Å². The van der Waals surface area contributed by atoms with Crippen LogP contribution < -0.4 is 10.5 Å². The zero-order chi connectivity index (χ0) is 14.5. The monoisotopic (exact) mass is 316 g/mol. The predicted molar refractivity (Wildman–Crippen MR) is 82.3 cm³/mol. The van der Waals surface area contributed by atoms with Gasteiger partial charge in [0.1, 0.15) is 0 Å². The highest BCUT2D eigenvalue weighted by Crippen LogP contribution is 2.19. The van der Waals surface area contributed by atoms with E-state index in [1.165, 1.54) is 13.2 Å². The standard InChI is InChI=1S/C15H21FN2O2.ClH/c1-20-14-6-4-11(9-13(14)16)5-7-15(19)18-8-2-3-12(17)10-18;/h4,6,9,12H,2-3,5,7-8,10,17H2,1H3;1H. The fourth-order valence-corrected chi connectivity index (χ4v) is 2.51. The van der Waals surface area contributed by atoms with Crippen LogP contribution in [0.2, 0.25) is 0 Å². The second kappa shape index (κ2) is 8.20. The van der Waals surface area contributed by atoms with Gasteiger partial charge in [-0.1, -0.05) is 6.07 Å². The van der Waals surface area contributed by atoms with Gasteiger partial charge in [-0.3, -0.25) is 4.79 Å². The van der Waals surface area contributed by atoms with Crippen molar-refractivity contribution in [3.05, 3.63) is 29.6 Å². The number of benzene rings is 1. The summed E-state index contributed by atoms with van der Waals surface area (Å²) < 4.78 is 18.4. The summed E-state index contributed by atoms with van der Waals surface area (Å²) in [6, 6.07) is 4.89. The lowest BCUT2D eigenvalue weighted by Crippen LogP contribution is -2.45. The first-order chi connectivity index (χ1) is 9.60. The lowest BCUT2D eigenvalue weighted by atomic mass is 10.0. The van der Waals surface area contributed by atoms with Crippen LogP contribution in [0.3, 0.4) is 0 Å². The number of ether oxygens (including phenoxy) is 1. The smallest absolute Gasteiger partial charge is 0.222 e. The summed E-state index contributed by atoms with van der Waals surface area (Å²) in [5.41, 5.74) is 6.67. The van der Waals surface area contributed by atoms with Crippen LogP contribution in [0.15, 0.2) is 18.2 Å². The molecule has 0 radical (unpaired) electrons. The molecule has 1 unspecified atom stereocenters. The molecule has 1 aliphatic rings. The SMILES string of the molecule is COc1ccc(CCC(=O)N2CCCC(N)C2)cc1F.Cl. The third-order valence-corrected chi connectivity index (χ3v) is 3.65. The van der Waals surface area contributed by atoms with E-state index in [1.807, 2.05) is 4.90 Å². The van der Waals surface area contributed by atoms with Crippen molar-refractivity contribution < 1.29 is 13.9 Å². The van der Waals surface area contributed by atoms with Crippen LogP contribution >= 0.6 is 12.4 Å². The first-order valence-corrected chi connectivity index (χ1v) is 6.96. The number of carbonyl (C=O) groups is 1. The van der Waals surface area contributed by atoms with E-state index in [0.29, 0.717) is 19.4 Å². The van der Waals surface area contributed by atoms with Gasteiger partial charge in [0.15, 0.2) is 11.6 Å². The minimum absolute atomic E-state index is 0. The van der Waals surface area contributed by atoms with Crippen LogP contribution in [-0.2, 0) is 11.2 Å². The van der Waals surface area contributed by atoms with Crippen molar-refractivity contribution in [2.75, 3.05) is 20.2 Å². The van der Waals surface area contributed by atoms with Gasteiger partial charge < -0.3 is 15.4 Å². The van der Waals surface area contributed by atoms with Crippen LogP contribution in [0.4, 0.5) is 4.39 Å². The molecule has 21 heavy (non-hydrogen) atoms. The largest absolute Gasteiger partial charge is 0.494 e. The Bertz CT molecular complexity index is 485. The number of piperidine rings is 1. The number of hydrogen-bond acceptors (Lipinski definition) is 3. The van der Waals surface area contributed by atoms with Gasteiger partial charge in [0.25, 0.3) is 0 Å². The van der Waals surface area contributed by atoms with Crippen molar-refractivity contribution in [2.24, 2.45) is 5.73 Å². The number of amides is 1. The molecule has 1 aliphatic heterocycles. The van der Waals surface area contributed by atoms with E-state index in [-0.39, 0.29) is 30.1 Å². The number of rotatable bonds is 4. The van der Waals surface area contributed by atoms with E-state index in [4.69, 9.17) is 10.5 Å². The van der Waals surface area contributed by atoms with E-state index < -0.39 is 5.82 Å². The highest BCUT2D eigenvalue weighted by atomic mass is 35.5. The van der Waals surface area contributed by atoms with Gasteiger partial charge in [0.2, 0.25) is 5.91 Å². The molecule has 0 aliphatic carbocycles. The number of nitrogens with zero attached hydrogens (tertiary/aromatic N) is 1. The van der Waals surface area contributed by atoms with Crippen molar-refractivity contribution >= 4 is 18.3 Å². The predicted octanol–water partition coefficient (Wildman–Crippen LogP) is 2.14. The van der Waals surface area contributed by atoms with Crippen molar-refractivity contribution in [1.29, 1.82) is 0 Å². The Hall–Kier alpha value is -1.33. The maximum Gasteiger partial charge on any atom is 0.222 e. The Morgan fingerprint density at radius 1 is 1.52 bits per heavy atom. The van der Waals surface area contributed by atoms with Crippen LogP contribution in [0.5, 0.6) is 5.75 Å². The van der Waals surface area contributed by atoms with E-state index in [0.717, 1.165) is 24.9 Å². The summed E-state index contributed by atoms with van der Waals surface area (Å²) in [5, 5.41) is 0. The van der Waals surface area contributed by atoms with Gasteiger partial charge in [0.05, 0.1) is 7.11 Å². The van der Waals surface area contributed by atoms with E-state index in [1.54, 1.807) is 12.1 Å². The van der Waals surface area contributed by atoms with Crippen molar-refractivity contribution in [1.82, 2.24) is 4.90 Å². The average Bonchev–Trinajstić information content (AvgIpc) is 2.45. The Morgan fingerprint density at radius 2 is 2.29 bits per heavy atom. The number of hydrogen-bond donors (Lipinski definition) is 1. The first kappa shape index (κ1) is 17.7. The first-order valence-electron chi connectivity index (χ1n) is 6.96. The summed E-state index contributed by atoms with van der Waals surface area (Å²) in [7, 11) is 1.43. The second-order valence-corrected chi connectivity index (χ2v) is 5.21. The third kappa shape index (κ3) is 4.86. The van der Waals surface area contributed by atoms with Crippen LogP contribution in [-0.4, -0.2) is 37.0 Å². The number of nitrogens with two attached hydrogens (primary N) is 1. The van der Waals surface area contributed by atoms with Gasteiger partial charge >= 0.3 is 0 Å². The molecule has 2 N–H and O–H groups in total. The fourth-order valence-electron chi connectivity index (χ4n) is 2.51.